The minimum atomic E-state index is -4.79. The van der Waals surface area contributed by atoms with Gasteiger partial charge in [0.25, 0.3) is 0 Å². The Balaban J connectivity index is 2.00. The van der Waals surface area contributed by atoms with E-state index < -0.39 is 40.8 Å². The lowest BCUT2D eigenvalue weighted by Gasteiger charge is -2.30. The minimum Gasteiger partial charge on any atom is -0.374 e. The summed E-state index contributed by atoms with van der Waals surface area (Å²) in [6, 6.07) is 5.87. The molecule has 13 heteroatoms. The zero-order valence-corrected chi connectivity index (χ0v) is 19.1. The van der Waals surface area contributed by atoms with Gasteiger partial charge in [-0.25, -0.2) is 9.97 Å². The van der Waals surface area contributed by atoms with Crippen molar-refractivity contribution in [1.29, 1.82) is 0 Å². The summed E-state index contributed by atoms with van der Waals surface area (Å²) in [5.41, 5.74) is -3.88. The maximum atomic E-state index is 13.4. The number of nitrogens with zero attached hydrogens (tertiary/aromatic N) is 4. The van der Waals surface area contributed by atoms with Gasteiger partial charge in [-0.3, -0.25) is 4.98 Å². The Morgan fingerprint density at radius 1 is 1.00 bits per heavy atom. The van der Waals surface area contributed by atoms with E-state index in [0.29, 0.717) is 6.07 Å². The number of aromatic nitrogens is 4. The van der Waals surface area contributed by atoms with Crippen LogP contribution < -0.4 is 0 Å². The molecule has 5 nitrogen and oxygen atoms in total. The molecule has 0 fully saturated rings. The van der Waals surface area contributed by atoms with Crippen LogP contribution in [0, 0.1) is 0 Å². The molecule has 0 spiro atoms. The second-order valence-electron chi connectivity index (χ2n) is 7.75. The van der Waals surface area contributed by atoms with Gasteiger partial charge < -0.3 is 9.67 Å². The maximum Gasteiger partial charge on any atom is 0.433 e. The molecule has 0 aliphatic rings. The van der Waals surface area contributed by atoms with Gasteiger partial charge in [0.2, 0.25) is 0 Å². The summed E-state index contributed by atoms with van der Waals surface area (Å²) in [6.45, 7) is 0. The van der Waals surface area contributed by atoms with Gasteiger partial charge in [-0.05, 0) is 35.4 Å². The highest BCUT2D eigenvalue weighted by atomic mass is 35.5. The number of rotatable bonds is 4. The van der Waals surface area contributed by atoms with Gasteiger partial charge in [-0.1, -0.05) is 29.3 Å². The first kappa shape index (κ1) is 25.2. The summed E-state index contributed by atoms with van der Waals surface area (Å²) >= 11 is 12.2. The van der Waals surface area contributed by atoms with Gasteiger partial charge in [0, 0.05) is 24.2 Å². The van der Waals surface area contributed by atoms with Crippen LogP contribution in [-0.4, -0.2) is 30.8 Å². The van der Waals surface area contributed by atoms with Crippen LogP contribution in [0.5, 0.6) is 0 Å². The summed E-state index contributed by atoms with van der Waals surface area (Å²) in [6.07, 6.45) is -7.36. The molecule has 1 aromatic carbocycles. The average Bonchev–Trinajstić information content (AvgIpc) is 3.21. The first-order chi connectivity index (χ1) is 16.2. The molecule has 0 saturated carbocycles. The normalized spacial score (nSPS) is 14.3. The molecule has 0 bridgehead atoms. The highest BCUT2D eigenvalue weighted by Gasteiger charge is 2.40. The zero-order chi connectivity index (χ0) is 25.8. The fourth-order valence-electron chi connectivity index (χ4n) is 3.79. The number of aliphatic hydroxyl groups is 1. The quantitative estimate of drug-likeness (QED) is 0.254. The number of benzene rings is 1. The number of imidazole rings is 1. The Morgan fingerprint density at radius 2 is 1.69 bits per heavy atom. The van der Waals surface area contributed by atoms with E-state index in [9.17, 15) is 31.4 Å². The van der Waals surface area contributed by atoms with Crippen LogP contribution in [-0.2, 0) is 25.2 Å². The van der Waals surface area contributed by atoms with E-state index in [1.165, 1.54) is 48.4 Å². The third-order valence-corrected chi connectivity index (χ3v) is 6.16. The highest BCUT2D eigenvalue weighted by Crippen LogP contribution is 2.41. The van der Waals surface area contributed by atoms with Gasteiger partial charge in [0.15, 0.2) is 5.60 Å². The number of pyridine rings is 2. The molecule has 4 aromatic rings. The summed E-state index contributed by atoms with van der Waals surface area (Å²) < 4.78 is 80.7. The van der Waals surface area contributed by atoms with Crippen molar-refractivity contribution in [3.05, 3.63) is 87.3 Å². The molecule has 1 unspecified atom stereocenters. The molecule has 35 heavy (non-hydrogen) atoms. The van der Waals surface area contributed by atoms with Gasteiger partial charge in [0.1, 0.15) is 10.8 Å². The molecule has 184 valence electrons. The van der Waals surface area contributed by atoms with Crippen LogP contribution >= 0.6 is 23.2 Å². The maximum absolute atomic E-state index is 13.4. The van der Waals surface area contributed by atoms with E-state index >= 15 is 0 Å². The van der Waals surface area contributed by atoms with E-state index in [4.69, 9.17) is 23.2 Å². The molecule has 0 saturated heterocycles. The molecule has 0 amide bonds. The van der Waals surface area contributed by atoms with Crippen LogP contribution in [0.1, 0.15) is 28.1 Å². The number of halogens is 8. The Morgan fingerprint density at radius 3 is 2.29 bits per heavy atom. The predicted octanol–water partition coefficient (Wildman–Crippen LogP) is 6.08. The van der Waals surface area contributed by atoms with E-state index in [1.807, 2.05) is 0 Å². The first-order valence-corrected chi connectivity index (χ1v) is 10.5. The summed E-state index contributed by atoms with van der Waals surface area (Å²) in [7, 11) is 1.52. The summed E-state index contributed by atoms with van der Waals surface area (Å²) in [5.74, 6) is 0. The second kappa shape index (κ2) is 8.65. The highest BCUT2D eigenvalue weighted by molar-refractivity contribution is 6.39. The smallest absolute Gasteiger partial charge is 0.374 e. The van der Waals surface area contributed by atoms with Crippen LogP contribution in [0.25, 0.3) is 10.9 Å². The number of hydrogen-bond donors (Lipinski definition) is 1. The van der Waals surface area contributed by atoms with Crippen molar-refractivity contribution in [2.45, 2.75) is 24.4 Å². The summed E-state index contributed by atoms with van der Waals surface area (Å²) in [5, 5.41) is 11.2. The molecular weight excluding hydrogens is 521 g/mol. The van der Waals surface area contributed by atoms with Crippen molar-refractivity contribution in [2.75, 3.05) is 0 Å². The second-order valence-corrected chi connectivity index (χ2v) is 8.48. The third kappa shape index (κ3) is 4.67. The van der Waals surface area contributed by atoms with E-state index in [-0.39, 0.29) is 32.7 Å². The van der Waals surface area contributed by atoms with Crippen molar-refractivity contribution in [3.63, 3.8) is 0 Å². The van der Waals surface area contributed by atoms with Gasteiger partial charge in [-0.15, -0.1) is 0 Å². The molecule has 0 aliphatic carbocycles. The average molecular weight is 535 g/mol. The van der Waals surface area contributed by atoms with Crippen molar-refractivity contribution >= 4 is 34.1 Å². The molecule has 1 atom stereocenters. The Kier molecular flexibility index (Phi) is 6.23. The molecule has 1 N–H and O–H groups in total. The third-order valence-electron chi connectivity index (χ3n) is 5.42. The molecule has 4 rings (SSSR count). The molecule has 3 aromatic heterocycles. The van der Waals surface area contributed by atoms with E-state index in [0.717, 1.165) is 6.20 Å². The lowest BCUT2D eigenvalue weighted by atomic mass is 9.83. The van der Waals surface area contributed by atoms with Crippen LogP contribution in [0.3, 0.4) is 0 Å². The lowest BCUT2D eigenvalue weighted by Crippen LogP contribution is -2.31. The first-order valence-electron chi connectivity index (χ1n) is 9.79. The van der Waals surface area contributed by atoms with E-state index in [2.05, 4.69) is 15.0 Å². The topological polar surface area (TPSA) is 63.8 Å². The molecular formula is C22H14Cl2F6N4O. The van der Waals surface area contributed by atoms with Crippen LogP contribution in [0.15, 0.2) is 49.1 Å². The standard InChI is InChI=1S/C22H14Cl2F6N4O/c1-34-10-31-9-17(34)21(35,12-4-5-32-16(7-12)22(28,29)30)11-2-3-15-13(6-11)18(23)14(19(24)33-15)8-20(25,26)27/h2-7,9-10,35H,8H2,1H3. The van der Waals surface area contributed by atoms with Gasteiger partial charge in [0.05, 0.1) is 35.2 Å². The van der Waals surface area contributed by atoms with Crippen molar-refractivity contribution in [3.8, 4) is 0 Å². The zero-order valence-electron chi connectivity index (χ0n) is 17.6. The van der Waals surface area contributed by atoms with Crippen molar-refractivity contribution in [2.24, 2.45) is 7.05 Å². The Bertz CT molecular complexity index is 1420. The number of alkyl halides is 6. The number of hydrogen-bond acceptors (Lipinski definition) is 4. The van der Waals surface area contributed by atoms with Gasteiger partial charge >= 0.3 is 12.4 Å². The SMILES string of the molecule is Cn1cncc1C(O)(c1ccnc(C(F)(F)F)c1)c1ccc2nc(Cl)c(CC(F)(F)F)c(Cl)c2c1. The Hall–Kier alpha value is -2.89. The van der Waals surface area contributed by atoms with Crippen LogP contribution in [0.2, 0.25) is 10.2 Å². The van der Waals surface area contributed by atoms with E-state index in [1.54, 1.807) is 0 Å². The van der Waals surface area contributed by atoms with Crippen LogP contribution in [0.4, 0.5) is 26.3 Å². The molecule has 0 aliphatic heterocycles. The minimum absolute atomic E-state index is 0.0110. The summed E-state index contributed by atoms with van der Waals surface area (Å²) in [4.78, 5) is 11.2. The van der Waals surface area contributed by atoms with Crippen molar-refractivity contribution < 1.29 is 31.4 Å². The van der Waals surface area contributed by atoms with Gasteiger partial charge in [-0.2, -0.15) is 26.3 Å². The molecule has 3 heterocycles. The fourth-order valence-corrected chi connectivity index (χ4v) is 4.40. The number of fused-ring (bicyclic) bond motifs is 1. The molecule has 0 radical (unpaired) electrons. The van der Waals surface area contributed by atoms with Crippen molar-refractivity contribution in [1.82, 2.24) is 19.5 Å². The Labute approximate surface area is 204 Å². The lowest BCUT2D eigenvalue weighted by molar-refractivity contribution is -0.141. The number of aryl methyl sites for hydroxylation is 1. The predicted molar refractivity (Wildman–Crippen MR) is 116 cm³/mol. The largest absolute Gasteiger partial charge is 0.433 e. The monoisotopic (exact) mass is 534 g/mol. The fraction of sp³-hybridized carbons (Fsp3) is 0.227.